The molecule has 1 amide bonds. The molecule has 5 heteroatoms. The van der Waals surface area contributed by atoms with Crippen LogP contribution >= 0.6 is 11.3 Å². The molecule has 0 unspecified atom stereocenters. The van der Waals surface area contributed by atoms with Gasteiger partial charge in [0.1, 0.15) is 5.82 Å². The Kier molecular flexibility index (Phi) is 2.96. The number of aryl methyl sites for hydroxylation is 1. The number of hydrogen-bond donors (Lipinski definition) is 0. The third-order valence-corrected chi connectivity index (χ3v) is 2.88. The van der Waals surface area contributed by atoms with Crippen molar-refractivity contribution in [1.29, 1.82) is 0 Å². The highest BCUT2D eigenvalue weighted by molar-refractivity contribution is 7.07. The standard InChI is InChI=1S/C11H9FN2OS/c1-14-5-6-16-11(14)13-10(15)8-3-2-4-9(12)7-8/h2-7H,1H3. The number of carbonyl (C=O) groups is 1. The molecular weight excluding hydrogens is 227 g/mol. The Morgan fingerprint density at radius 1 is 1.50 bits per heavy atom. The quantitative estimate of drug-likeness (QED) is 0.745. The molecule has 0 N–H and O–H groups in total. The third-order valence-electron chi connectivity index (χ3n) is 2.03. The van der Waals surface area contributed by atoms with E-state index in [0.29, 0.717) is 4.80 Å². The SMILES string of the molecule is Cn1ccsc1=NC(=O)c1cccc(F)c1. The van der Waals surface area contributed by atoms with Crippen molar-refractivity contribution in [1.82, 2.24) is 4.57 Å². The molecular formula is C11H9FN2OS. The molecule has 0 saturated heterocycles. The molecule has 3 nitrogen and oxygen atoms in total. The lowest BCUT2D eigenvalue weighted by Gasteiger charge is -1.94. The average Bonchev–Trinajstić information content (AvgIpc) is 2.64. The van der Waals surface area contributed by atoms with Crippen LogP contribution in [0.1, 0.15) is 10.4 Å². The molecule has 0 spiro atoms. The zero-order valence-electron chi connectivity index (χ0n) is 8.55. The Hall–Kier alpha value is -1.75. The Bertz CT molecular complexity index is 585. The van der Waals surface area contributed by atoms with Crippen LogP contribution in [-0.2, 0) is 7.05 Å². The molecule has 16 heavy (non-hydrogen) atoms. The van der Waals surface area contributed by atoms with Gasteiger partial charge in [0.2, 0.25) is 0 Å². The van der Waals surface area contributed by atoms with Gasteiger partial charge in [0.05, 0.1) is 0 Å². The molecule has 1 aromatic carbocycles. The fourth-order valence-electron chi connectivity index (χ4n) is 1.21. The van der Waals surface area contributed by atoms with Crippen molar-refractivity contribution in [3.63, 3.8) is 0 Å². The first kappa shape index (κ1) is 10.8. The topological polar surface area (TPSA) is 34.4 Å². The van der Waals surface area contributed by atoms with Gasteiger partial charge in [-0.05, 0) is 18.2 Å². The van der Waals surface area contributed by atoms with Crippen LogP contribution in [0.25, 0.3) is 0 Å². The third kappa shape index (κ3) is 2.25. The van der Waals surface area contributed by atoms with Crippen molar-refractivity contribution in [2.75, 3.05) is 0 Å². The second kappa shape index (κ2) is 4.40. The first-order chi connectivity index (χ1) is 7.66. The average molecular weight is 236 g/mol. The second-order valence-electron chi connectivity index (χ2n) is 3.22. The molecule has 0 atom stereocenters. The fourth-order valence-corrected chi connectivity index (χ4v) is 1.94. The lowest BCUT2D eigenvalue weighted by atomic mass is 10.2. The zero-order valence-corrected chi connectivity index (χ0v) is 9.37. The number of thiazole rings is 1. The number of halogens is 1. The van der Waals surface area contributed by atoms with Gasteiger partial charge in [-0.15, -0.1) is 11.3 Å². The Morgan fingerprint density at radius 3 is 2.94 bits per heavy atom. The van der Waals surface area contributed by atoms with Gasteiger partial charge in [0, 0.05) is 24.2 Å². The van der Waals surface area contributed by atoms with E-state index in [1.54, 1.807) is 17.7 Å². The van der Waals surface area contributed by atoms with Gasteiger partial charge in [-0.1, -0.05) is 6.07 Å². The van der Waals surface area contributed by atoms with Gasteiger partial charge >= 0.3 is 0 Å². The van der Waals surface area contributed by atoms with Crippen LogP contribution in [0.4, 0.5) is 4.39 Å². The molecule has 1 aromatic heterocycles. The number of nitrogens with zero attached hydrogens (tertiary/aromatic N) is 2. The fraction of sp³-hybridized carbons (Fsp3) is 0.0909. The first-order valence-corrected chi connectivity index (χ1v) is 5.49. The van der Waals surface area contributed by atoms with E-state index >= 15 is 0 Å². The largest absolute Gasteiger partial charge is 0.327 e. The maximum atomic E-state index is 12.9. The molecule has 0 aliphatic rings. The number of hydrogen-bond acceptors (Lipinski definition) is 2. The van der Waals surface area contributed by atoms with Crippen LogP contribution in [0, 0.1) is 5.82 Å². The van der Waals surface area contributed by atoms with Crippen molar-refractivity contribution >= 4 is 17.2 Å². The summed E-state index contributed by atoms with van der Waals surface area (Å²) in [7, 11) is 1.80. The van der Waals surface area contributed by atoms with Gasteiger partial charge in [-0.3, -0.25) is 4.79 Å². The molecule has 2 aromatic rings. The second-order valence-corrected chi connectivity index (χ2v) is 4.10. The molecule has 0 fully saturated rings. The normalized spacial score (nSPS) is 11.8. The molecule has 2 rings (SSSR count). The monoisotopic (exact) mass is 236 g/mol. The molecule has 0 radical (unpaired) electrons. The summed E-state index contributed by atoms with van der Waals surface area (Å²) in [5, 5.41) is 1.83. The first-order valence-electron chi connectivity index (χ1n) is 4.61. The molecule has 0 bridgehead atoms. The lowest BCUT2D eigenvalue weighted by molar-refractivity contribution is 0.0997. The number of aromatic nitrogens is 1. The van der Waals surface area contributed by atoms with E-state index in [1.165, 1.54) is 29.5 Å². The summed E-state index contributed by atoms with van der Waals surface area (Å²) in [4.78, 5) is 16.2. The Morgan fingerprint density at radius 2 is 2.31 bits per heavy atom. The summed E-state index contributed by atoms with van der Waals surface area (Å²) >= 11 is 1.36. The van der Waals surface area contributed by atoms with Gasteiger partial charge < -0.3 is 4.57 Å². The highest BCUT2D eigenvalue weighted by Crippen LogP contribution is 2.04. The van der Waals surface area contributed by atoms with Crippen LogP contribution in [0.15, 0.2) is 40.8 Å². The van der Waals surface area contributed by atoms with Crippen LogP contribution < -0.4 is 4.80 Å². The molecule has 0 aliphatic carbocycles. The van der Waals surface area contributed by atoms with E-state index < -0.39 is 11.7 Å². The molecule has 0 aliphatic heterocycles. The van der Waals surface area contributed by atoms with E-state index in [0.717, 1.165) is 0 Å². The van der Waals surface area contributed by atoms with Gasteiger partial charge in [-0.25, -0.2) is 4.39 Å². The smallest absolute Gasteiger partial charge is 0.279 e. The number of benzene rings is 1. The van der Waals surface area contributed by atoms with Crippen LogP contribution in [-0.4, -0.2) is 10.5 Å². The van der Waals surface area contributed by atoms with Gasteiger partial charge in [0.15, 0.2) is 4.80 Å². The van der Waals surface area contributed by atoms with Crippen molar-refractivity contribution in [2.45, 2.75) is 0 Å². The molecule has 0 saturated carbocycles. The Balaban J connectivity index is 2.38. The number of amides is 1. The minimum Gasteiger partial charge on any atom is -0.327 e. The summed E-state index contributed by atoms with van der Waals surface area (Å²) in [6, 6.07) is 5.51. The summed E-state index contributed by atoms with van der Waals surface area (Å²) in [6.45, 7) is 0. The van der Waals surface area contributed by atoms with Crippen LogP contribution in [0.5, 0.6) is 0 Å². The van der Waals surface area contributed by atoms with E-state index in [9.17, 15) is 9.18 Å². The van der Waals surface area contributed by atoms with E-state index in [2.05, 4.69) is 4.99 Å². The highest BCUT2D eigenvalue weighted by Gasteiger charge is 2.04. The minimum absolute atomic E-state index is 0.258. The summed E-state index contributed by atoms with van der Waals surface area (Å²) in [5.74, 6) is -0.867. The van der Waals surface area contributed by atoms with E-state index in [4.69, 9.17) is 0 Å². The van der Waals surface area contributed by atoms with Crippen molar-refractivity contribution in [3.05, 3.63) is 52.0 Å². The van der Waals surface area contributed by atoms with E-state index in [1.807, 2.05) is 11.6 Å². The predicted molar refractivity (Wildman–Crippen MR) is 59.6 cm³/mol. The predicted octanol–water partition coefficient (Wildman–Crippen LogP) is 1.97. The van der Waals surface area contributed by atoms with Crippen molar-refractivity contribution < 1.29 is 9.18 Å². The minimum atomic E-state index is -0.434. The lowest BCUT2D eigenvalue weighted by Crippen LogP contribution is -2.12. The van der Waals surface area contributed by atoms with E-state index in [-0.39, 0.29) is 5.56 Å². The molecule has 82 valence electrons. The zero-order chi connectivity index (χ0) is 11.5. The maximum absolute atomic E-state index is 12.9. The van der Waals surface area contributed by atoms with Crippen LogP contribution in [0.3, 0.4) is 0 Å². The summed E-state index contributed by atoms with van der Waals surface area (Å²) < 4.78 is 14.6. The highest BCUT2D eigenvalue weighted by atomic mass is 32.1. The summed E-state index contributed by atoms with van der Waals surface area (Å²) in [5.41, 5.74) is 0.258. The van der Waals surface area contributed by atoms with Gasteiger partial charge in [-0.2, -0.15) is 4.99 Å². The number of rotatable bonds is 1. The van der Waals surface area contributed by atoms with Gasteiger partial charge in [0.25, 0.3) is 5.91 Å². The molecule has 1 heterocycles. The van der Waals surface area contributed by atoms with Crippen molar-refractivity contribution in [2.24, 2.45) is 12.0 Å². The van der Waals surface area contributed by atoms with Crippen molar-refractivity contribution in [3.8, 4) is 0 Å². The van der Waals surface area contributed by atoms with Crippen LogP contribution in [0.2, 0.25) is 0 Å². The number of carbonyl (C=O) groups excluding carboxylic acids is 1. The maximum Gasteiger partial charge on any atom is 0.279 e. The summed E-state index contributed by atoms with van der Waals surface area (Å²) in [6.07, 6.45) is 1.81. The Labute approximate surface area is 95.5 Å².